The zero-order chi connectivity index (χ0) is 21.1. The number of esters is 1. The van der Waals surface area contributed by atoms with Gasteiger partial charge in [0.15, 0.2) is 0 Å². The average Bonchev–Trinajstić information content (AvgIpc) is 2.69. The van der Waals surface area contributed by atoms with E-state index >= 15 is 0 Å². The third kappa shape index (κ3) is 8.47. The summed E-state index contributed by atoms with van der Waals surface area (Å²) in [6.45, 7) is 4.39. The molecule has 2 aromatic rings. The number of hydrogen-bond acceptors (Lipinski definition) is 5. The van der Waals surface area contributed by atoms with Crippen LogP contribution >= 0.6 is 0 Å². The fourth-order valence-corrected chi connectivity index (χ4v) is 2.49. The molecule has 2 aromatic carbocycles. The summed E-state index contributed by atoms with van der Waals surface area (Å²) in [5.74, 6) is 0.251. The second-order valence-corrected chi connectivity index (χ2v) is 6.49. The first kappa shape index (κ1) is 21.9. The number of carbonyl (C=O) groups is 3. The summed E-state index contributed by atoms with van der Waals surface area (Å²) in [4.78, 5) is 34.9. The van der Waals surface area contributed by atoms with E-state index in [9.17, 15) is 14.4 Å². The highest BCUT2D eigenvalue weighted by atomic mass is 16.5. The van der Waals surface area contributed by atoms with Gasteiger partial charge in [0.05, 0.1) is 6.61 Å². The van der Waals surface area contributed by atoms with Crippen molar-refractivity contribution in [2.24, 2.45) is 0 Å². The molecule has 7 nitrogen and oxygen atoms in total. The highest BCUT2D eigenvalue weighted by Crippen LogP contribution is 2.13. The van der Waals surface area contributed by atoms with Crippen molar-refractivity contribution in [3.63, 3.8) is 0 Å². The molecule has 0 spiro atoms. The van der Waals surface area contributed by atoms with Crippen LogP contribution in [-0.2, 0) is 9.59 Å². The summed E-state index contributed by atoms with van der Waals surface area (Å²) in [6, 6.07) is 14.1. The third-order valence-electron chi connectivity index (χ3n) is 3.93. The van der Waals surface area contributed by atoms with Gasteiger partial charge in [-0.05, 0) is 43.7 Å². The van der Waals surface area contributed by atoms with Gasteiger partial charge in [-0.1, -0.05) is 23.8 Å². The predicted molar refractivity (Wildman–Crippen MR) is 109 cm³/mol. The molecule has 0 aromatic heterocycles. The van der Waals surface area contributed by atoms with E-state index in [1.807, 2.05) is 31.2 Å². The Kier molecular flexibility index (Phi) is 8.69. The standard InChI is InChI=1S/C22H26N2O5/c1-16-8-10-19(11-9-16)28-14-4-7-21(26)23-12-13-24-22(27)18-5-3-6-20(15-18)29-17(2)25/h3,5-6,8-11,15H,4,7,12-14H2,1-2H3,(H,23,26)(H,24,27). The Morgan fingerprint density at radius 1 is 0.931 bits per heavy atom. The Balaban J connectivity index is 1.59. The van der Waals surface area contributed by atoms with Crippen molar-refractivity contribution in [1.82, 2.24) is 10.6 Å². The number of ether oxygens (including phenoxy) is 2. The normalized spacial score (nSPS) is 10.1. The van der Waals surface area contributed by atoms with E-state index < -0.39 is 5.97 Å². The van der Waals surface area contributed by atoms with Crippen LogP contribution in [0.3, 0.4) is 0 Å². The van der Waals surface area contributed by atoms with Crippen molar-refractivity contribution in [2.75, 3.05) is 19.7 Å². The van der Waals surface area contributed by atoms with E-state index in [-0.39, 0.29) is 11.8 Å². The molecule has 0 saturated heterocycles. The summed E-state index contributed by atoms with van der Waals surface area (Å²) >= 11 is 0. The molecule has 0 radical (unpaired) electrons. The van der Waals surface area contributed by atoms with Gasteiger partial charge in [-0.3, -0.25) is 14.4 Å². The van der Waals surface area contributed by atoms with Crippen LogP contribution < -0.4 is 20.1 Å². The number of aryl methyl sites for hydroxylation is 1. The minimum absolute atomic E-state index is 0.0939. The molecular weight excluding hydrogens is 372 g/mol. The monoisotopic (exact) mass is 398 g/mol. The van der Waals surface area contributed by atoms with Crippen LogP contribution in [0.5, 0.6) is 11.5 Å². The summed E-state index contributed by atoms with van der Waals surface area (Å²) in [5.41, 5.74) is 1.55. The first-order valence-corrected chi connectivity index (χ1v) is 9.47. The van der Waals surface area contributed by atoms with E-state index in [0.717, 1.165) is 5.75 Å². The third-order valence-corrected chi connectivity index (χ3v) is 3.93. The first-order chi connectivity index (χ1) is 13.9. The van der Waals surface area contributed by atoms with Crippen LogP contribution in [0.15, 0.2) is 48.5 Å². The number of carbonyl (C=O) groups excluding carboxylic acids is 3. The second kappa shape index (κ2) is 11.5. The lowest BCUT2D eigenvalue weighted by molar-refractivity contribution is -0.131. The van der Waals surface area contributed by atoms with Crippen molar-refractivity contribution in [3.05, 3.63) is 59.7 Å². The molecule has 2 amide bonds. The maximum absolute atomic E-state index is 12.1. The molecule has 0 atom stereocenters. The summed E-state index contributed by atoms with van der Waals surface area (Å²) in [6.07, 6.45) is 0.958. The van der Waals surface area contributed by atoms with Crippen LogP contribution in [0.25, 0.3) is 0 Å². The second-order valence-electron chi connectivity index (χ2n) is 6.49. The zero-order valence-electron chi connectivity index (χ0n) is 16.7. The number of benzene rings is 2. The molecule has 29 heavy (non-hydrogen) atoms. The van der Waals surface area contributed by atoms with Gasteiger partial charge in [-0.25, -0.2) is 0 Å². The highest BCUT2D eigenvalue weighted by Gasteiger charge is 2.08. The van der Waals surface area contributed by atoms with Gasteiger partial charge >= 0.3 is 5.97 Å². The summed E-state index contributed by atoms with van der Waals surface area (Å²) in [5, 5.41) is 5.46. The topological polar surface area (TPSA) is 93.7 Å². The van der Waals surface area contributed by atoms with Crippen molar-refractivity contribution >= 4 is 17.8 Å². The molecule has 0 aliphatic rings. The Bertz CT molecular complexity index is 833. The predicted octanol–water partition coefficient (Wildman–Crippen LogP) is 2.63. The van der Waals surface area contributed by atoms with E-state index in [1.54, 1.807) is 18.2 Å². The molecule has 0 fully saturated rings. The zero-order valence-corrected chi connectivity index (χ0v) is 16.7. The van der Waals surface area contributed by atoms with Crippen molar-refractivity contribution in [1.29, 1.82) is 0 Å². The van der Waals surface area contributed by atoms with E-state index in [2.05, 4.69) is 10.6 Å². The Morgan fingerprint density at radius 2 is 1.66 bits per heavy atom. The van der Waals surface area contributed by atoms with Crippen molar-refractivity contribution in [3.8, 4) is 11.5 Å². The Morgan fingerprint density at radius 3 is 2.38 bits per heavy atom. The highest BCUT2D eigenvalue weighted by molar-refractivity contribution is 5.94. The maximum atomic E-state index is 12.1. The van der Waals surface area contributed by atoms with Crippen LogP contribution in [0.4, 0.5) is 0 Å². The quantitative estimate of drug-likeness (QED) is 0.365. The minimum atomic E-state index is -0.450. The SMILES string of the molecule is CC(=O)Oc1cccc(C(=O)NCCNC(=O)CCCOc2ccc(C)cc2)c1. The molecule has 0 bridgehead atoms. The number of rotatable bonds is 10. The molecule has 0 aliphatic carbocycles. The van der Waals surface area contributed by atoms with E-state index in [1.165, 1.54) is 18.6 Å². The molecule has 154 valence electrons. The fourth-order valence-electron chi connectivity index (χ4n) is 2.49. The number of amides is 2. The van der Waals surface area contributed by atoms with Gasteiger partial charge < -0.3 is 20.1 Å². The lowest BCUT2D eigenvalue weighted by Crippen LogP contribution is -2.34. The fraction of sp³-hybridized carbons (Fsp3) is 0.318. The lowest BCUT2D eigenvalue weighted by Gasteiger charge is -2.09. The van der Waals surface area contributed by atoms with Gasteiger partial charge in [-0.2, -0.15) is 0 Å². The van der Waals surface area contributed by atoms with Crippen LogP contribution in [0.1, 0.15) is 35.7 Å². The average molecular weight is 398 g/mol. The molecule has 0 unspecified atom stereocenters. The number of nitrogens with one attached hydrogen (secondary N) is 2. The van der Waals surface area contributed by atoms with Gasteiger partial charge in [0.2, 0.25) is 5.91 Å². The Hall–Kier alpha value is -3.35. The minimum Gasteiger partial charge on any atom is -0.494 e. The lowest BCUT2D eigenvalue weighted by atomic mass is 10.2. The number of hydrogen-bond donors (Lipinski definition) is 2. The van der Waals surface area contributed by atoms with Gasteiger partial charge in [0, 0.05) is 32.0 Å². The first-order valence-electron chi connectivity index (χ1n) is 9.47. The molecule has 0 saturated carbocycles. The molecule has 2 N–H and O–H groups in total. The van der Waals surface area contributed by atoms with Gasteiger partial charge in [-0.15, -0.1) is 0 Å². The van der Waals surface area contributed by atoms with E-state index in [4.69, 9.17) is 9.47 Å². The Labute approximate surface area is 170 Å². The van der Waals surface area contributed by atoms with Gasteiger partial charge in [0.1, 0.15) is 11.5 Å². The van der Waals surface area contributed by atoms with Crippen LogP contribution in [0.2, 0.25) is 0 Å². The summed E-state index contributed by atoms with van der Waals surface area (Å²) in [7, 11) is 0. The largest absolute Gasteiger partial charge is 0.494 e. The van der Waals surface area contributed by atoms with Crippen molar-refractivity contribution in [2.45, 2.75) is 26.7 Å². The van der Waals surface area contributed by atoms with Crippen molar-refractivity contribution < 1.29 is 23.9 Å². The summed E-state index contributed by atoms with van der Waals surface area (Å²) < 4.78 is 10.5. The van der Waals surface area contributed by atoms with Crippen LogP contribution in [0, 0.1) is 6.92 Å². The molecule has 7 heteroatoms. The van der Waals surface area contributed by atoms with E-state index in [0.29, 0.717) is 43.9 Å². The molecule has 0 heterocycles. The smallest absolute Gasteiger partial charge is 0.308 e. The molecular formula is C22H26N2O5. The van der Waals surface area contributed by atoms with Crippen LogP contribution in [-0.4, -0.2) is 37.5 Å². The molecule has 0 aliphatic heterocycles. The molecule has 2 rings (SSSR count). The maximum Gasteiger partial charge on any atom is 0.308 e. The van der Waals surface area contributed by atoms with Gasteiger partial charge in [0.25, 0.3) is 5.91 Å².